The second-order valence-corrected chi connectivity index (χ2v) is 4.64. The lowest BCUT2D eigenvalue weighted by atomic mass is 10.1. The number of anilines is 2. The Hall–Kier alpha value is -3.26. The Morgan fingerprint density at radius 3 is 2.22 bits per heavy atom. The normalized spacial score (nSPS) is 9.57. The number of rotatable bonds is 4. The third kappa shape index (κ3) is 4.11. The van der Waals surface area contributed by atoms with Crippen LogP contribution in [0.25, 0.3) is 0 Å². The fourth-order valence-electron chi connectivity index (χ4n) is 2.03. The van der Waals surface area contributed by atoms with Gasteiger partial charge in [0.05, 0.1) is 5.69 Å². The molecule has 0 spiro atoms. The van der Waals surface area contributed by atoms with Crippen molar-refractivity contribution in [3.63, 3.8) is 0 Å². The average Bonchev–Trinajstić information content (AvgIpc) is 2.57. The molecule has 0 aliphatic heterocycles. The first-order chi connectivity index (χ1) is 11.2. The molecule has 0 unspecified atom stereocenters. The van der Waals surface area contributed by atoms with E-state index in [0.717, 1.165) is 12.0 Å². The highest BCUT2D eigenvalue weighted by Crippen LogP contribution is 2.23. The highest BCUT2D eigenvalue weighted by molar-refractivity contribution is 6.43. The second kappa shape index (κ2) is 7.66. The van der Waals surface area contributed by atoms with Gasteiger partial charge in [-0.2, -0.15) is 0 Å². The van der Waals surface area contributed by atoms with Crippen LogP contribution in [0.15, 0.2) is 48.5 Å². The Balaban J connectivity index is 2.09. The third-order valence-corrected chi connectivity index (χ3v) is 3.16. The summed E-state index contributed by atoms with van der Waals surface area (Å²) in [4.78, 5) is 24.1. The van der Waals surface area contributed by atoms with Crippen molar-refractivity contribution in [3.05, 3.63) is 54.1 Å². The summed E-state index contributed by atoms with van der Waals surface area (Å²) in [5.74, 6) is -1.27. The molecule has 2 aromatic carbocycles. The van der Waals surface area contributed by atoms with Crippen LogP contribution >= 0.6 is 0 Å². The van der Waals surface area contributed by atoms with Crippen LogP contribution in [0.1, 0.15) is 12.5 Å². The van der Waals surface area contributed by atoms with Crippen molar-refractivity contribution in [3.8, 4) is 18.3 Å². The van der Waals surface area contributed by atoms with E-state index >= 15 is 0 Å². The molecule has 0 atom stereocenters. The maximum absolute atomic E-state index is 12.0. The van der Waals surface area contributed by atoms with Crippen molar-refractivity contribution >= 4 is 23.2 Å². The van der Waals surface area contributed by atoms with Crippen molar-refractivity contribution in [2.45, 2.75) is 13.3 Å². The smallest absolute Gasteiger partial charge is 0.314 e. The fourth-order valence-corrected chi connectivity index (χ4v) is 2.03. The number of carbonyl (C=O) groups excluding carboxylic acids is 2. The predicted octanol–water partition coefficient (Wildman–Crippen LogP) is 2.80. The summed E-state index contributed by atoms with van der Waals surface area (Å²) in [5, 5.41) is 5.08. The van der Waals surface area contributed by atoms with Gasteiger partial charge in [0, 0.05) is 5.69 Å². The molecule has 0 radical (unpaired) electrons. The number of nitrogens with one attached hydrogen (secondary N) is 2. The zero-order valence-corrected chi connectivity index (χ0v) is 12.6. The Morgan fingerprint density at radius 1 is 1.00 bits per heavy atom. The summed E-state index contributed by atoms with van der Waals surface area (Å²) in [6.45, 7) is 1.97. The minimum absolute atomic E-state index is 0.296. The van der Waals surface area contributed by atoms with Crippen molar-refractivity contribution in [2.75, 3.05) is 10.6 Å². The maximum atomic E-state index is 12.0. The molecule has 0 saturated heterocycles. The summed E-state index contributed by atoms with van der Waals surface area (Å²) in [6.07, 6.45) is 7.87. The van der Waals surface area contributed by atoms with E-state index in [4.69, 9.17) is 11.2 Å². The molecule has 5 heteroatoms. The van der Waals surface area contributed by atoms with Gasteiger partial charge in [0.1, 0.15) is 6.11 Å². The molecule has 2 N–H and O–H groups in total. The molecule has 0 aliphatic carbocycles. The van der Waals surface area contributed by atoms with E-state index in [0.29, 0.717) is 17.1 Å². The predicted molar refractivity (Wildman–Crippen MR) is 89.0 cm³/mol. The van der Waals surface area contributed by atoms with Crippen molar-refractivity contribution in [1.82, 2.24) is 0 Å². The molecular weight excluding hydrogens is 292 g/mol. The molecule has 0 heterocycles. The van der Waals surface area contributed by atoms with Crippen LogP contribution < -0.4 is 15.4 Å². The number of aryl methyl sites for hydroxylation is 1. The Kier molecular flexibility index (Phi) is 5.37. The lowest BCUT2D eigenvalue weighted by molar-refractivity contribution is -0.133. The lowest BCUT2D eigenvalue weighted by Crippen LogP contribution is -2.29. The quantitative estimate of drug-likeness (QED) is 0.674. The van der Waals surface area contributed by atoms with Crippen LogP contribution in [0, 0.1) is 12.5 Å². The van der Waals surface area contributed by atoms with Crippen LogP contribution in [0.4, 0.5) is 11.4 Å². The molecule has 23 heavy (non-hydrogen) atoms. The highest BCUT2D eigenvalue weighted by Gasteiger charge is 2.17. The monoisotopic (exact) mass is 308 g/mol. The van der Waals surface area contributed by atoms with Gasteiger partial charge in [0.25, 0.3) is 0 Å². The van der Waals surface area contributed by atoms with Gasteiger partial charge in [0.15, 0.2) is 5.75 Å². The number of terminal acetylenes is 1. The van der Waals surface area contributed by atoms with E-state index in [1.807, 2.05) is 25.2 Å². The molecule has 0 aromatic heterocycles. The van der Waals surface area contributed by atoms with Gasteiger partial charge in [-0.1, -0.05) is 43.7 Å². The summed E-state index contributed by atoms with van der Waals surface area (Å²) in [5.41, 5.74) is 1.89. The topological polar surface area (TPSA) is 67.4 Å². The molecule has 0 saturated carbocycles. The molecule has 5 nitrogen and oxygen atoms in total. The van der Waals surface area contributed by atoms with Gasteiger partial charge >= 0.3 is 11.8 Å². The number of ether oxygens (including phenoxy) is 1. The summed E-state index contributed by atoms with van der Waals surface area (Å²) in [7, 11) is 0. The van der Waals surface area contributed by atoms with Gasteiger partial charge < -0.3 is 15.4 Å². The third-order valence-electron chi connectivity index (χ3n) is 3.16. The number of amides is 2. The summed E-state index contributed by atoms with van der Waals surface area (Å²) >= 11 is 0. The van der Waals surface area contributed by atoms with Crippen molar-refractivity contribution in [2.24, 2.45) is 0 Å². The molecule has 2 amide bonds. The molecule has 0 fully saturated rings. The first-order valence-corrected chi connectivity index (χ1v) is 7.07. The minimum Gasteiger partial charge on any atom is -0.406 e. The number of para-hydroxylation sites is 3. The molecule has 2 rings (SSSR count). The van der Waals surface area contributed by atoms with E-state index in [1.165, 1.54) is 0 Å². The summed E-state index contributed by atoms with van der Waals surface area (Å²) in [6, 6.07) is 13.9. The molecule has 116 valence electrons. The van der Waals surface area contributed by atoms with Crippen molar-refractivity contribution in [1.29, 1.82) is 0 Å². The standard InChI is InChI=1S/C18H16N2O3/c1-3-13-9-5-6-10-14(13)19-17(21)18(22)20-15-11-7-8-12-16(15)23-4-2/h2,5-12H,3H2,1H3,(H,19,21)(H,20,22). The van der Waals surface area contributed by atoms with E-state index in [9.17, 15) is 9.59 Å². The zero-order chi connectivity index (χ0) is 16.7. The lowest BCUT2D eigenvalue weighted by Gasteiger charge is -2.11. The van der Waals surface area contributed by atoms with E-state index in [-0.39, 0.29) is 0 Å². The SMILES string of the molecule is C#COc1ccccc1NC(=O)C(=O)Nc1ccccc1CC. The van der Waals surface area contributed by atoms with Gasteiger partial charge in [-0.15, -0.1) is 0 Å². The van der Waals surface area contributed by atoms with Crippen LogP contribution in [0.5, 0.6) is 5.75 Å². The van der Waals surface area contributed by atoms with Crippen LogP contribution in [-0.2, 0) is 16.0 Å². The Labute approximate surface area is 134 Å². The average molecular weight is 308 g/mol. The second-order valence-electron chi connectivity index (χ2n) is 4.64. The molecule has 2 aromatic rings. The van der Waals surface area contributed by atoms with E-state index in [2.05, 4.69) is 10.6 Å². The van der Waals surface area contributed by atoms with E-state index < -0.39 is 11.8 Å². The number of hydrogen-bond donors (Lipinski definition) is 2. The first-order valence-electron chi connectivity index (χ1n) is 7.07. The maximum Gasteiger partial charge on any atom is 0.314 e. The minimum atomic E-state index is -0.802. The van der Waals surface area contributed by atoms with Gasteiger partial charge in [-0.05, 0) is 30.2 Å². The van der Waals surface area contributed by atoms with Crippen LogP contribution in [0.2, 0.25) is 0 Å². The van der Waals surface area contributed by atoms with E-state index in [1.54, 1.807) is 36.4 Å². The number of benzene rings is 2. The van der Waals surface area contributed by atoms with Crippen LogP contribution in [0.3, 0.4) is 0 Å². The Morgan fingerprint density at radius 2 is 1.57 bits per heavy atom. The largest absolute Gasteiger partial charge is 0.406 e. The van der Waals surface area contributed by atoms with Gasteiger partial charge in [-0.25, -0.2) is 0 Å². The van der Waals surface area contributed by atoms with Crippen molar-refractivity contribution < 1.29 is 14.3 Å². The van der Waals surface area contributed by atoms with Gasteiger partial charge in [-0.3, -0.25) is 9.59 Å². The fraction of sp³-hybridized carbons (Fsp3) is 0.111. The first kappa shape index (κ1) is 16.1. The number of carbonyl (C=O) groups is 2. The van der Waals surface area contributed by atoms with Crippen LogP contribution in [-0.4, -0.2) is 11.8 Å². The zero-order valence-electron chi connectivity index (χ0n) is 12.6. The summed E-state index contributed by atoms with van der Waals surface area (Å²) < 4.78 is 4.95. The van der Waals surface area contributed by atoms with Gasteiger partial charge in [0.2, 0.25) is 0 Å². The highest BCUT2D eigenvalue weighted by atomic mass is 16.5. The Bertz CT molecular complexity index is 763. The molecular formula is C18H16N2O3. The molecule has 0 aliphatic rings. The number of hydrogen-bond acceptors (Lipinski definition) is 3. The molecule has 0 bridgehead atoms.